The minimum atomic E-state index is -1.41. The second-order valence-electron chi connectivity index (χ2n) is 9.12. The lowest BCUT2D eigenvalue weighted by Gasteiger charge is -2.39. The highest BCUT2D eigenvalue weighted by atomic mass is 35.5. The predicted molar refractivity (Wildman–Crippen MR) is 144 cm³/mol. The van der Waals surface area contributed by atoms with Crippen LogP contribution < -0.4 is 4.74 Å². The van der Waals surface area contributed by atoms with Crippen molar-refractivity contribution in [2.75, 3.05) is 32.5 Å². The Kier molecular flexibility index (Phi) is 8.99. The van der Waals surface area contributed by atoms with Crippen LogP contribution in [0, 0.1) is 5.41 Å². The molecule has 0 spiro atoms. The third-order valence-electron chi connectivity index (χ3n) is 7.03. The van der Waals surface area contributed by atoms with Crippen molar-refractivity contribution in [3.8, 4) is 5.75 Å². The van der Waals surface area contributed by atoms with Crippen molar-refractivity contribution in [2.24, 2.45) is 5.41 Å². The SMILES string of the molecule is COc1ccc2ncc(Cl)c([C@@H](F)CCC3(C(=O)O)CCN(CCSc4ccccc4Cl)CC3)c2c1. The van der Waals surface area contributed by atoms with Crippen molar-refractivity contribution in [2.45, 2.75) is 36.8 Å². The standard InChI is InChI=1S/C27H29Cl2FN2O3S/c1-35-18-6-7-23-19(16-18)25(21(29)17-31-23)22(30)8-9-27(26(33)34)10-12-32(13-11-27)14-15-36-24-5-3-2-4-20(24)28/h2-7,16-17,22H,8-15H2,1H3,(H,33,34)/t22-/m0/s1. The number of likely N-dealkylation sites (tertiary alicyclic amines) is 1. The van der Waals surface area contributed by atoms with Gasteiger partial charge in [-0.3, -0.25) is 9.78 Å². The second-order valence-corrected chi connectivity index (χ2v) is 11.1. The molecular formula is C27H29Cl2FN2O3S. The number of carbonyl (C=O) groups is 1. The summed E-state index contributed by atoms with van der Waals surface area (Å²) in [6, 6.07) is 13.0. The van der Waals surface area contributed by atoms with E-state index in [0.29, 0.717) is 48.1 Å². The van der Waals surface area contributed by atoms with Crippen LogP contribution in [-0.2, 0) is 4.79 Å². The van der Waals surface area contributed by atoms with Gasteiger partial charge in [0, 0.05) is 34.3 Å². The molecule has 192 valence electrons. The number of aromatic nitrogens is 1. The Balaban J connectivity index is 1.38. The molecule has 1 aliphatic heterocycles. The number of benzene rings is 2. The molecular weight excluding hydrogens is 522 g/mol. The number of rotatable bonds is 10. The van der Waals surface area contributed by atoms with E-state index in [1.807, 2.05) is 24.3 Å². The first-order valence-corrected chi connectivity index (χ1v) is 13.7. The number of pyridine rings is 1. The number of piperidine rings is 1. The molecule has 1 atom stereocenters. The van der Waals surface area contributed by atoms with Crippen molar-refractivity contribution in [1.82, 2.24) is 9.88 Å². The number of alkyl halides is 1. The molecule has 36 heavy (non-hydrogen) atoms. The summed E-state index contributed by atoms with van der Waals surface area (Å²) in [6.07, 6.45) is 1.34. The van der Waals surface area contributed by atoms with Crippen molar-refractivity contribution >= 4 is 51.8 Å². The molecule has 2 heterocycles. The molecule has 2 aromatic carbocycles. The topological polar surface area (TPSA) is 62.7 Å². The predicted octanol–water partition coefficient (Wildman–Crippen LogP) is 7.30. The summed E-state index contributed by atoms with van der Waals surface area (Å²) < 4.78 is 20.9. The summed E-state index contributed by atoms with van der Waals surface area (Å²) in [5, 5.41) is 11.7. The van der Waals surface area contributed by atoms with E-state index >= 15 is 4.39 Å². The van der Waals surface area contributed by atoms with Crippen LogP contribution in [-0.4, -0.2) is 53.5 Å². The number of methoxy groups -OCH3 is 1. The van der Waals surface area contributed by atoms with Crippen LogP contribution in [0.15, 0.2) is 53.6 Å². The highest BCUT2D eigenvalue weighted by molar-refractivity contribution is 7.99. The summed E-state index contributed by atoms with van der Waals surface area (Å²) in [5.41, 5.74) is 0.0212. The molecule has 0 amide bonds. The van der Waals surface area contributed by atoms with E-state index in [9.17, 15) is 9.90 Å². The number of ether oxygens (including phenoxy) is 1. The number of hydrogen-bond donors (Lipinski definition) is 1. The molecule has 1 aromatic heterocycles. The van der Waals surface area contributed by atoms with E-state index in [2.05, 4.69) is 9.88 Å². The molecule has 1 saturated heterocycles. The van der Waals surface area contributed by atoms with E-state index < -0.39 is 17.6 Å². The van der Waals surface area contributed by atoms with E-state index in [1.165, 1.54) is 6.20 Å². The first-order chi connectivity index (χ1) is 17.3. The van der Waals surface area contributed by atoms with Gasteiger partial charge >= 0.3 is 5.97 Å². The van der Waals surface area contributed by atoms with E-state index in [0.717, 1.165) is 22.2 Å². The van der Waals surface area contributed by atoms with Gasteiger partial charge in [-0.1, -0.05) is 35.3 Å². The van der Waals surface area contributed by atoms with Gasteiger partial charge in [0.25, 0.3) is 0 Å². The Labute approximate surface area is 224 Å². The number of aliphatic carboxylic acids is 1. The molecule has 0 aliphatic carbocycles. The van der Waals surface area contributed by atoms with Crippen molar-refractivity contribution in [3.05, 3.63) is 64.3 Å². The van der Waals surface area contributed by atoms with Gasteiger partial charge in [0.05, 0.1) is 28.1 Å². The Morgan fingerprint density at radius 3 is 2.67 bits per heavy atom. The van der Waals surface area contributed by atoms with Gasteiger partial charge in [0.1, 0.15) is 11.9 Å². The van der Waals surface area contributed by atoms with Crippen LogP contribution in [0.1, 0.15) is 37.4 Å². The highest BCUT2D eigenvalue weighted by Crippen LogP contribution is 2.42. The number of carboxylic acid groups (broad SMARTS) is 1. The normalized spacial score (nSPS) is 16.7. The molecule has 1 aliphatic rings. The van der Waals surface area contributed by atoms with Crippen molar-refractivity contribution in [3.63, 3.8) is 0 Å². The monoisotopic (exact) mass is 550 g/mol. The number of fused-ring (bicyclic) bond motifs is 1. The Hall–Kier alpha value is -2.06. The Bertz CT molecular complexity index is 1220. The molecule has 1 N–H and O–H groups in total. The molecule has 4 rings (SSSR count). The maximum atomic E-state index is 15.6. The van der Waals surface area contributed by atoms with Crippen molar-refractivity contribution in [1.29, 1.82) is 0 Å². The Morgan fingerprint density at radius 2 is 1.97 bits per heavy atom. The highest BCUT2D eigenvalue weighted by Gasteiger charge is 2.41. The quantitative estimate of drug-likeness (QED) is 0.267. The van der Waals surface area contributed by atoms with Gasteiger partial charge in [0.15, 0.2) is 0 Å². The van der Waals surface area contributed by atoms with Crippen LogP contribution in [0.25, 0.3) is 10.9 Å². The van der Waals surface area contributed by atoms with Gasteiger partial charge in [-0.2, -0.15) is 0 Å². The number of carboxylic acids is 1. The number of hydrogen-bond acceptors (Lipinski definition) is 5. The largest absolute Gasteiger partial charge is 0.497 e. The average Bonchev–Trinajstić information content (AvgIpc) is 2.88. The number of thioether (sulfide) groups is 1. The van der Waals surface area contributed by atoms with Crippen LogP contribution in [0.5, 0.6) is 5.75 Å². The third kappa shape index (κ3) is 6.08. The first kappa shape index (κ1) is 27.0. The lowest BCUT2D eigenvalue weighted by molar-refractivity contribution is -0.153. The lowest BCUT2D eigenvalue weighted by Crippen LogP contribution is -2.45. The zero-order valence-corrected chi connectivity index (χ0v) is 22.4. The van der Waals surface area contributed by atoms with Crippen LogP contribution >= 0.6 is 35.0 Å². The van der Waals surface area contributed by atoms with E-state index in [-0.39, 0.29) is 17.9 Å². The fourth-order valence-corrected chi connectivity index (χ4v) is 6.30. The van der Waals surface area contributed by atoms with Gasteiger partial charge in [0.2, 0.25) is 0 Å². The molecule has 0 saturated carbocycles. The summed E-state index contributed by atoms with van der Waals surface area (Å²) in [6.45, 7) is 2.18. The molecule has 1 fully saturated rings. The summed E-state index contributed by atoms with van der Waals surface area (Å²) in [4.78, 5) is 19.9. The lowest BCUT2D eigenvalue weighted by atomic mass is 9.74. The van der Waals surface area contributed by atoms with Gasteiger partial charge in [-0.25, -0.2) is 4.39 Å². The zero-order chi connectivity index (χ0) is 25.7. The molecule has 0 unspecified atom stereocenters. The minimum absolute atomic E-state index is 0.0741. The van der Waals surface area contributed by atoms with Crippen LogP contribution in [0.3, 0.4) is 0 Å². The van der Waals surface area contributed by atoms with Gasteiger partial charge in [-0.15, -0.1) is 11.8 Å². The van der Waals surface area contributed by atoms with Crippen LogP contribution in [0.2, 0.25) is 10.0 Å². The Morgan fingerprint density at radius 1 is 1.22 bits per heavy atom. The minimum Gasteiger partial charge on any atom is -0.497 e. The van der Waals surface area contributed by atoms with Crippen molar-refractivity contribution < 1.29 is 19.0 Å². The summed E-state index contributed by atoms with van der Waals surface area (Å²) in [7, 11) is 1.55. The fraction of sp³-hybridized carbons (Fsp3) is 0.407. The van der Waals surface area contributed by atoms with E-state index in [1.54, 1.807) is 37.1 Å². The smallest absolute Gasteiger partial charge is 0.309 e. The van der Waals surface area contributed by atoms with E-state index in [4.69, 9.17) is 27.9 Å². The molecule has 9 heteroatoms. The van der Waals surface area contributed by atoms with Gasteiger partial charge in [-0.05, 0) is 69.1 Å². The summed E-state index contributed by atoms with van der Waals surface area (Å²) in [5.74, 6) is 0.599. The summed E-state index contributed by atoms with van der Waals surface area (Å²) >= 11 is 14.3. The maximum Gasteiger partial charge on any atom is 0.309 e. The fourth-order valence-electron chi connectivity index (χ4n) is 4.78. The third-order valence-corrected chi connectivity index (χ3v) is 8.82. The molecule has 0 bridgehead atoms. The second kappa shape index (κ2) is 12.0. The van der Waals surface area contributed by atoms with Crippen LogP contribution in [0.4, 0.5) is 4.39 Å². The number of halogens is 3. The van der Waals surface area contributed by atoms with Gasteiger partial charge < -0.3 is 14.7 Å². The molecule has 5 nitrogen and oxygen atoms in total. The maximum absolute atomic E-state index is 15.6. The number of nitrogens with zero attached hydrogens (tertiary/aromatic N) is 2. The first-order valence-electron chi connectivity index (χ1n) is 11.9. The zero-order valence-electron chi connectivity index (χ0n) is 20.1. The average molecular weight is 552 g/mol. The molecule has 0 radical (unpaired) electrons. The molecule has 3 aromatic rings.